The molecule has 3 unspecified atom stereocenters. The molecule has 0 saturated heterocycles. The molecular formula is C31H57N2O6P. The number of aliphatic hydroxyl groups excluding tert-OH is 1. The Hall–Kier alpha value is -1.54. The summed E-state index contributed by atoms with van der Waals surface area (Å²) in [5, 5.41) is 13.5. The summed E-state index contributed by atoms with van der Waals surface area (Å²) < 4.78 is 22.8. The lowest BCUT2D eigenvalue weighted by Crippen LogP contribution is -2.46. The number of phosphoric ester groups is 1. The highest BCUT2D eigenvalue weighted by Gasteiger charge is 2.24. The van der Waals surface area contributed by atoms with Crippen LogP contribution in [0.1, 0.15) is 90.9 Å². The number of aliphatic hydroxyl groups is 1. The number of allylic oxidation sites excluding steroid dienone is 8. The van der Waals surface area contributed by atoms with Gasteiger partial charge in [0, 0.05) is 6.42 Å². The maximum Gasteiger partial charge on any atom is 0.268 e. The second-order valence-corrected chi connectivity index (χ2v) is 12.5. The number of carbonyl (C=O) groups is 1. The first kappa shape index (κ1) is 38.5. The van der Waals surface area contributed by atoms with Crippen molar-refractivity contribution >= 4 is 13.7 Å². The minimum Gasteiger partial charge on any atom is -0.756 e. The number of phosphoric acid groups is 1. The van der Waals surface area contributed by atoms with Crippen LogP contribution in [0.15, 0.2) is 48.6 Å². The first-order valence-electron chi connectivity index (χ1n) is 15.0. The number of nitrogens with zero attached hydrogens (tertiary/aromatic N) is 1. The Kier molecular flexibility index (Phi) is 23.2. The molecule has 0 aliphatic heterocycles. The Morgan fingerprint density at radius 2 is 1.48 bits per heavy atom. The number of quaternary nitrogens is 1. The maximum absolute atomic E-state index is 12.6. The van der Waals surface area contributed by atoms with E-state index in [0.29, 0.717) is 23.9 Å². The SMILES string of the molecule is CC/C=C\C/C=C\C/C=C\C/C=C\CCC(=O)NC(COP(=O)([O-])OCC[N+](C)(C)C)C(O)CCCCCCC. The number of rotatable bonds is 25. The summed E-state index contributed by atoms with van der Waals surface area (Å²) in [5.74, 6) is -0.257. The van der Waals surface area contributed by atoms with Crippen LogP contribution in [0.2, 0.25) is 0 Å². The van der Waals surface area contributed by atoms with Crippen LogP contribution in [0.5, 0.6) is 0 Å². The van der Waals surface area contributed by atoms with Crippen LogP contribution >= 0.6 is 7.82 Å². The molecule has 0 radical (unpaired) electrons. The minimum atomic E-state index is -4.55. The van der Waals surface area contributed by atoms with Gasteiger partial charge in [0.25, 0.3) is 7.82 Å². The van der Waals surface area contributed by atoms with Crippen molar-refractivity contribution in [3.05, 3.63) is 48.6 Å². The summed E-state index contributed by atoms with van der Waals surface area (Å²) >= 11 is 0. The van der Waals surface area contributed by atoms with Crippen LogP contribution in [0.25, 0.3) is 0 Å². The number of hydrogen-bond acceptors (Lipinski definition) is 6. The molecule has 0 rings (SSSR count). The number of nitrogens with one attached hydrogen (secondary N) is 1. The van der Waals surface area contributed by atoms with Crippen molar-refractivity contribution in [3.63, 3.8) is 0 Å². The van der Waals surface area contributed by atoms with Crippen molar-refractivity contribution in [1.29, 1.82) is 0 Å². The van der Waals surface area contributed by atoms with E-state index in [2.05, 4.69) is 55.6 Å². The molecule has 0 heterocycles. The van der Waals surface area contributed by atoms with Gasteiger partial charge in [-0.2, -0.15) is 0 Å². The van der Waals surface area contributed by atoms with E-state index in [1.807, 2.05) is 33.3 Å². The molecule has 9 heteroatoms. The number of hydrogen-bond donors (Lipinski definition) is 2. The fraction of sp³-hybridized carbons (Fsp3) is 0.710. The summed E-state index contributed by atoms with van der Waals surface area (Å²) in [4.78, 5) is 24.8. The molecule has 0 bridgehead atoms. The van der Waals surface area contributed by atoms with Gasteiger partial charge in [-0.15, -0.1) is 0 Å². The van der Waals surface area contributed by atoms with Crippen molar-refractivity contribution in [1.82, 2.24) is 5.32 Å². The van der Waals surface area contributed by atoms with Gasteiger partial charge in [-0.05, 0) is 38.5 Å². The second kappa shape index (κ2) is 24.1. The lowest BCUT2D eigenvalue weighted by molar-refractivity contribution is -0.870. The van der Waals surface area contributed by atoms with Crippen molar-refractivity contribution < 1.29 is 32.9 Å². The smallest absolute Gasteiger partial charge is 0.268 e. The molecule has 0 aliphatic rings. The van der Waals surface area contributed by atoms with E-state index in [1.54, 1.807) is 0 Å². The molecule has 0 spiro atoms. The lowest BCUT2D eigenvalue weighted by Gasteiger charge is -2.30. The Morgan fingerprint density at radius 1 is 0.900 bits per heavy atom. The van der Waals surface area contributed by atoms with Gasteiger partial charge in [0.1, 0.15) is 13.2 Å². The van der Waals surface area contributed by atoms with Crippen molar-refractivity contribution in [2.24, 2.45) is 0 Å². The van der Waals surface area contributed by atoms with Gasteiger partial charge < -0.3 is 28.8 Å². The summed E-state index contributed by atoms with van der Waals surface area (Å²) in [6.07, 6.45) is 26.0. The fourth-order valence-electron chi connectivity index (χ4n) is 3.63. The molecule has 0 saturated carbocycles. The molecule has 0 aromatic carbocycles. The number of likely N-dealkylation sites (N-methyl/N-ethyl adjacent to an activating group) is 1. The van der Waals surface area contributed by atoms with E-state index in [9.17, 15) is 19.4 Å². The third kappa shape index (κ3) is 25.4. The molecule has 2 N–H and O–H groups in total. The Morgan fingerprint density at radius 3 is 2.05 bits per heavy atom. The van der Waals surface area contributed by atoms with E-state index in [1.165, 1.54) is 0 Å². The monoisotopic (exact) mass is 584 g/mol. The van der Waals surface area contributed by atoms with Gasteiger partial charge in [0.05, 0.1) is 39.9 Å². The highest BCUT2D eigenvalue weighted by Crippen LogP contribution is 2.38. The van der Waals surface area contributed by atoms with Gasteiger partial charge in [-0.25, -0.2) is 0 Å². The number of amides is 1. The largest absolute Gasteiger partial charge is 0.756 e. The highest BCUT2D eigenvalue weighted by molar-refractivity contribution is 7.45. The molecule has 0 aromatic heterocycles. The van der Waals surface area contributed by atoms with Crippen LogP contribution in [0.3, 0.4) is 0 Å². The average Bonchev–Trinajstić information content (AvgIpc) is 2.88. The maximum atomic E-state index is 12.6. The van der Waals surface area contributed by atoms with E-state index >= 15 is 0 Å². The first-order chi connectivity index (χ1) is 19.0. The highest BCUT2D eigenvalue weighted by atomic mass is 31.2. The predicted octanol–water partition coefficient (Wildman–Crippen LogP) is 5.99. The number of unbranched alkanes of at least 4 members (excludes halogenated alkanes) is 4. The molecule has 0 fully saturated rings. The first-order valence-corrected chi connectivity index (χ1v) is 16.4. The summed E-state index contributed by atoms with van der Waals surface area (Å²) in [5.41, 5.74) is 0. The molecule has 8 nitrogen and oxygen atoms in total. The Bertz CT molecular complexity index is 804. The molecular weight excluding hydrogens is 527 g/mol. The average molecular weight is 585 g/mol. The van der Waals surface area contributed by atoms with Gasteiger partial charge >= 0.3 is 0 Å². The van der Waals surface area contributed by atoms with Crippen LogP contribution in [-0.4, -0.2) is 68.5 Å². The summed E-state index contributed by atoms with van der Waals surface area (Å²) in [7, 11) is 1.24. The van der Waals surface area contributed by atoms with E-state index in [-0.39, 0.29) is 25.5 Å². The third-order valence-electron chi connectivity index (χ3n) is 6.09. The standard InChI is InChI=1S/C31H57N2O6P/c1-6-8-10-12-13-14-15-16-17-18-19-21-23-25-31(35)32-29(30(34)24-22-20-11-9-7-2)28-39-40(36,37)38-27-26-33(3,4)5/h8,10,13-14,16-17,19,21,29-30,34H,6-7,9,11-12,15,18,20,22-28H2,1-5H3,(H-,32,35,36,37)/b10-8-,14-13-,17-16-,21-19-. The summed E-state index contributed by atoms with van der Waals surface area (Å²) in [6, 6.07) is -0.833. The Balaban J connectivity index is 4.64. The normalized spacial score (nSPS) is 15.9. The Labute approximate surface area is 244 Å². The van der Waals surface area contributed by atoms with E-state index < -0.39 is 20.0 Å². The topological polar surface area (TPSA) is 108 Å². The molecule has 40 heavy (non-hydrogen) atoms. The zero-order valence-corrected chi connectivity index (χ0v) is 26.7. The van der Waals surface area contributed by atoms with Gasteiger partial charge in [-0.3, -0.25) is 9.36 Å². The molecule has 0 aliphatic carbocycles. The predicted molar refractivity (Wildman–Crippen MR) is 164 cm³/mol. The van der Waals surface area contributed by atoms with Crippen molar-refractivity contribution in [2.45, 2.75) is 103 Å². The zero-order chi connectivity index (χ0) is 30.1. The van der Waals surface area contributed by atoms with Gasteiger partial charge in [0.2, 0.25) is 5.91 Å². The van der Waals surface area contributed by atoms with Gasteiger partial charge in [-0.1, -0.05) is 94.6 Å². The van der Waals surface area contributed by atoms with E-state index in [4.69, 9.17) is 9.05 Å². The third-order valence-corrected chi connectivity index (χ3v) is 7.06. The van der Waals surface area contributed by atoms with Crippen molar-refractivity contribution in [3.8, 4) is 0 Å². The van der Waals surface area contributed by atoms with Crippen LogP contribution < -0.4 is 10.2 Å². The quantitative estimate of drug-likeness (QED) is 0.0591. The van der Waals surface area contributed by atoms with E-state index in [0.717, 1.165) is 57.8 Å². The van der Waals surface area contributed by atoms with Crippen LogP contribution in [0.4, 0.5) is 0 Å². The molecule has 3 atom stereocenters. The minimum absolute atomic E-state index is 0.00382. The zero-order valence-electron chi connectivity index (χ0n) is 25.8. The lowest BCUT2D eigenvalue weighted by atomic mass is 10.0. The molecule has 232 valence electrons. The van der Waals surface area contributed by atoms with Crippen LogP contribution in [-0.2, 0) is 18.4 Å². The second-order valence-electron chi connectivity index (χ2n) is 11.1. The number of carbonyl (C=O) groups excluding carboxylic acids is 1. The summed E-state index contributed by atoms with van der Waals surface area (Å²) in [6.45, 7) is 4.39. The molecule has 1 amide bonds. The van der Waals surface area contributed by atoms with Gasteiger partial charge in [0.15, 0.2) is 0 Å². The fourth-order valence-corrected chi connectivity index (χ4v) is 4.36. The van der Waals surface area contributed by atoms with Crippen molar-refractivity contribution in [2.75, 3.05) is 40.9 Å². The van der Waals surface area contributed by atoms with Crippen LogP contribution in [0, 0.1) is 0 Å². The molecule has 0 aromatic rings.